The van der Waals surface area contributed by atoms with E-state index in [1.165, 1.54) is 22.5 Å². The van der Waals surface area contributed by atoms with E-state index in [4.69, 9.17) is 4.42 Å². The predicted octanol–water partition coefficient (Wildman–Crippen LogP) is 2.80. The van der Waals surface area contributed by atoms with Gasteiger partial charge in [-0.05, 0) is 35.7 Å². The van der Waals surface area contributed by atoms with Gasteiger partial charge in [0, 0.05) is 23.9 Å². The minimum Gasteiger partial charge on any atom is -0.467 e. The zero-order chi connectivity index (χ0) is 21.2. The van der Waals surface area contributed by atoms with Crippen LogP contribution in [0.1, 0.15) is 23.5 Å². The number of pyridine rings is 1. The Morgan fingerprint density at radius 2 is 1.93 bits per heavy atom. The summed E-state index contributed by atoms with van der Waals surface area (Å²) in [4.78, 5) is 43.6. The maximum absolute atomic E-state index is 12.7. The van der Waals surface area contributed by atoms with E-state index in [-0.39, 0.29) is 43.7 Å². The molecule has 0 atom stereocenters. The third-order valence-electron chi connectivity index (χ3n) is 4.15. The van der Waals surface area contributed by atoms with Crippen LogP contribution in [-0.2, 0) is 27.5 Å². The maximum atomic E-state index is 12.7. The molecule has 3 heterocycles. The molecule has 0 aromatic carbocycles. The first-order chi connectivity index (χ1) is 14.6. The molecule has 8 nitrogen and oxygen atoms in total. The van der Waals surface area contributed by atoms with Crippen LogP contribution >= 0.6 is 11.3 Å². The lowest BCUT2D eigenvalue weighted by Gasteiger charge is -2.21. The van der Waals surface area contributed by atoms with E-state index in [9.17, 15) is 14.4 Å². The van der Waals surface area contributed by atoms with Crippen molar-refractivity contribution in [3.05, 3.63) is 70.9 Å². The second kappa shape index (κ2) is 10.9. The Bertz CT molecular complexity index is 943. The van der Waals surface area contributed by atoms with Crippen molar-refractivity contribution in [2.24, 2.45) is 0 Å². The molecule has 0 spiro atoms. The molecule has 3 amide bonds. The Hall–Kier alpha value is -3.46. The van der Waals surface area contributed by atoms with Crippen molar-refractivity contribution in [2.75, 3.05) is 11.9 Å². The third-order valence-corrected chi connectivity index (χ3v) is 5.01. The summed E-state index contributed by atoms with van der Waals surface area (Å²) in [6, 6.07) is 12.5. The zero-order valence-corrected chi connectivity index (χ0v) is 17.1. The molecule has 30 heavy (non-hydrogen) atoms. The highest BCUT2D eigenvalue weighted by Gasteiger charge is 2.19. The van der Waals surface area contributed by atoms with Gasteiger partial charge in [-0.3, -0.25) is 14.4 Å². The van der Waals surface area contributed by atoms with Crippen molar-refractivity contribution in [3.63, 3.8) is 0 Å². The summed E-state index contributed by atoms with van der Waals surface area (Å²) in [6.45, 7) is 0.463. The van der Waals surface area contributed by atoms with E-state index in [1.54, 1.807) is 36.5 Å². The molecule has 0 saturated heterocycles. The van der Waals surface area contributed by atoms with Gasteiger partial charge >= 0.3 is 0 Å². The fraction of sp³-hybridized carbons (Fsp3) is 0.238. The molecule has 9 heteroatoms. The quantitative estimate of drug-likeness (QED) is 0.519. The van der Waals surface area contributed by atoms with Crippen molar-refractivity contribution in [3.8, 4) is 0 Å². The van der Waals surface area contributed by atoms with Gasteiger partial charge in [0.05, 0.1) is 25.9 Å². The van der Waals surface area contributed by atoms with Gasteiger partial charge in [0.15, 0.2) is 0 Å². The second-order valence-electron chi connectivity index (χ2n) is 6.45. The molecule has 3 aromatic rings. The Morgan fingerprint density at radius 1 is 1.03 bits per heavy atom. The van der Waals surface area contributed by atoms with E-state index in [0.29, 0.717) is 18.1 Å². The Morgan fingerprint density at radius 3 is 2.63 bits per heavy atom. The van der Waals surface area contributed by atoms with Crippen LogP contribution in [-0.4, -0.2) is 34.2 Å². The molecule has 3 rings (SSSR count). The molecule has 156 valence electrons. The van der Waals surface area contributed by atoms with Gasteiger partial charge in [-0.1, -0.05) is 12.1 Å². The first kappa shape index (κ1) is 21.3. The highest BCUT2D eigenvalue weighted by molar-refractivity contribution is 7.09. The molecule has 2 N–H and O–H groups in total. The summed E-state index contributed by atoms with van der Waals surface area (Å²) in [7, 11) is 0. The van der Waals surface area contributed by atoms with E-state index >= 15 is 0 Å². The molecule has 0 bridgehead atoms. The number of carbonyl (C=O) groups excluding carboxylic acids is 3. The predicted molar refractivity (Wildman–Crippen MR) is 112 cm³/mol. The number of thiophene rings is 1. The SMILES string of the molecule is O=C(CN(Cc1cccs1)C(=O)CCC(=O)Nc1ccccn1)NCc1ccco1. The molecule has 0 unspecified atom stereocenters. The van der Waals surface area contributed by atoms with Crippen molar-refractivity contribution in [1.29, 1.82) is 0 Å². The molecule has 0 fully saturated rings. The molecule has 0 aliphatic carbocycles. The Labute approximate surface area is 177 Å². The molecule has 0 saturated carbocycles. The number of amides is 3. The number of hydrogen-bond donors (Lipinski definition) is 2. The summed E-state index contributed by atoms with van der Waals surface area (Å²) in [5, 5.41) is 7.30. The van der Waals surface area contributed by atoms with Crippen molar-refractivity contribution >= 4 is 34.9 Å². The average molecular weight is 426 g/mol. The van der Waals surface area contributed by atoms with Crippen LogP contribution in [0.15, 0.2) is 64.7 Å². The molecule has 0 aliphatic rings. The van der Waals surface area contributed by atoms with Gasteiger partial charge < -0.3 is 20.0 Å². The van der Waals surface area contributed by atoms with Crippen LogP contribution in [0.3, 0.4) is 0 Å². The van der Waals surface area contributed by atoms with Crippen LogP contribution in [0.25, 0.3) is 0 Å². The highest BCUT2D eigenvalue weighted by atomic mass is 32.1. The van der Waals surface area contributed by atoms with E-state index in [2.05, 4.69) is 15.6 Å². The van der Waals surface area contributed by atoms with Gasteiger partial charge in [0.1, 0.15) is 11.6 Å². The lowest BCUT2D eigenvalue weighted by atomic mass is 10.2. The fourth-order valence-electron chi connectivity index (χ4n) is 2.67. The number of anilines is 1. The van der Waals surface area contributed by atoms with Crippen molar-refractivity contribution in [2.45, 2.75) is 25.9 Å². The van der Waals surface area contributed by atoms with Crippen LogP contribution in [0.5, 0.6) is 0 Å². The van der Waals surface area contributed by atoms with E-state index < -0.39 is 0 Å². The normalized spacial score (nSPS) is 10.4. The number of aromatic nitrogens is 1. The second-order valence-corrected chi connectivity index (χ2v) is 7.48. The summed E-state index contributed by atoms with van der Waals surface area (Å²) >= 11 is 1.51. The van der Waals surface area contributed by atoms with Crippen LogP contribution in [0.2, 0.25) is 0 Å². The number of carbonyl (C=O) groups is 3. The van der Waals surface area contributed by atoms with E-state index in [0.717, 1.165) is 4.88 Å². The minimum atomic E-state index is -0.305. The number of hydrogen-bond acceptors (Lipinski definition) is 6. The zero-order valence-electron chi connectivity index (χ0n) is 16.2. The largest absolute Gasteiger partial charge is 0.467 e. The molecule has 0 radical (unpaired) electrons. The van der Waals surface area contributed by atoms with Gasteiger partial charge in [0.2, 0.25) is 17.7 Å². The standard InChI is InChI=1S/C21H22N4O4S/c26-19(24-18-7-1-2-10-22-18)8-9-21(28)25(14-17-6-4-12-30-17)15-20(27)23-13-16-5-3-11-29-16/h1-7,10-12H,8-9,13-15H2,(H,23,27)(H,22,24,26). The first-order valence-electron chi connectivity index (χ1n) is 9.40. The van der Waals surface area contributed by atoms with Crippen molar-refractivity contribution < 1.29 is 18.8 Å². The lowest BCUT2D eigenvalue weighted by Crippen LogP contribution is -2.40. The number of nitrogens with zero attached hydrogens (tertiary/aromatic N) is 2. The summed E-state index contributed by atoms with van der Waals surface area (Å²) < 4.78 is 5.19. The first-order valence-corrected chi connectivity index (χ1v) is 10.3. The van der Waals surface area contributed by atoms with E-state index in [1.807, 2.05) is 17.5 Å². The Kier molecular flexibility index (Phi) is 7.73. The topological polar surface area (TPSA) is 105 Å². The fourth-order valence-corrected chi connectivity index (χ4v) is 3.39. The Balaban J connectivity index is 1.53. The minimum absolute atomic E-state index is 0.00433. The van der Waals surface area contributed by atoms with Gasteiger partial charge in [-0.2, -0.15) is 0 Å². The molecule has 3 aromatic heterocycles. The summed E-state index contributed by atoms with van der Waals surface area (Å²) in [5.41, 5.74) is 0. The molecular formula is C21H22N4O4S. The van der Waals surface area contributed by atoms with Gasteiger partial charge in [-0.15, -0.1) is 11.3 Å². The summed E-state index contributed by atoms with van der Waals surface area (Å²) in [6.07, 6.45) is 3.11. The lowest BCUT2D eigenvalue weighted by molar-refractivity contribution is -0.137. The van der Waals surface area contributed by atoms with Crippen molar-refractivity contribution in [1.82, 2.24) is 15.2 Å². The monoisotopic (exact) mass is 426 g/mol. The van der Waals surface area contributed by atoms with Gasteiger partial charge in [-0.25, -0.2) is 4.98 Å². The maximum Gasteiger partial charge on any atom is 0.240 e. The highest BCUT2D eigenvalue weighted by Crippen LogP contribution is 2.13. The number of rotatable bonds is 10. The van der Waals surface area contributed by atoms with Crippen LogP contribution in [0, 0.1) is 0 Å². The van der Waals surface area contributed by atoms with Crippen LogP contribution in [0.4, 0.5) is 5.82 Å². The number of nitrogens with one attached hydrogen (secondary N) is 2. The molecule has 0 aliphatic heterocycles. The van der Waals surface area contributed by atoms with Gasteiger partial charge in [0.25, 0.3) is 0 Å². The smallest absolute Gasteiger partial charge is 0.240 e. The number of furan rings is 1. The summed E-state index contributed by atoms with van der Waals surface area (Å²) in [5.74, 6) is 0.190. The average Bonchev–Trinajstić information content (AvgIpc) is 3.45. The third kappa shape index (κ3) is 6.85. The molecular weight excluding hydrogens is 404 g/mol. The van der Waals surface area contributed by atoms with Crippen LogP contribution < -0.4 is 10.6 Å².